The van der Waals surface area contributed by atoms with Gasteiger partial charge in [-0.05, 0) is 43.4 Å². The zero-order chi connectivity index (χ0) is 15.0. The molecule has 1 aromatic carbocycles. The Morgan fingerprint density at radius 2 is 2.00 bits per heavy atom. The molecule has 0 radical (unpaired) electrons. The molecule has 0 aromatic heterocycles. The van der Waals surface area contributed by atoms with E-state index in [1.165, 1.54) is 0 Å². The maximum absolute atomic E-state index is 12.4. The second-order valence-electron chi connectivity index (χ2n) is 5.85. The van der Waals surface area contributed by atoms with E-state index in [2.05, 4.69) is 0 Å². The van der Waals surface area contributed by atoms with Crippen molar-refractivity contribution in [1.82, 2.24) is 0 Å². The van der Waals surface area contributed by atoms with Crippen molar-refractivity contribution < 1.29 is 19.1 Å². The van der Waals surface area contributed by atoms with Gasteiger partial charge in [-0.15, -0.1) is 0 Å². The number of hydrogen-bond donors (Lipinski definition) is 0. The lowest BCUT2D eigenvalue weighted by Gasteiger charge is -2.13. The number of esters is 1. The third kappa shape index (κ3) is 2.55. The van der Waals surface area contributed by atoms with Crippen LogP contribution in [0.1, 0.15) is 18.9 Å². The van der Waals surface area contributed by atoms with Gasteiger partial charge in [-0.1, -0.05) is 12.1 Å². The lowest BCUT2D eigenvalue weighted by atomic mass is 9.92. The molecule has 3 rings (SSSR count). The quantitative estimate of drug-likeness (QED) is 0.780. The van der Waals surface area contributed by atoms with Gasteiger partial charge in [0.1, 0.15) is 11.5 Å². The smallest absolute Gasteiger partial charge is 0.309 e. The van der Waals surface area contributed by atoms with Gasteiger partial charge >= 0.3 is 5.97 Å². The van der Waals surface area contributed by atoms with Gasteiger partial charge in [-0.3, -0.25) is 9.59 Å². The Labute approximate surface area is 124 Å². The minimum Gasteiger partial charge on any atom is -0.497 e. The van der Waals surface area contributed by atoms with E-state index in [0.29, 0.717) is 6.61 Å². The van der Waals surface area contributed by atoms with E-state index in [-0.39, 0.29) is 35.4 Å². The molecule has 0 bridgehead atoms. The summed E-state index contributed by atoms with van der Waals surface area (Å²) in [6, 6.07) is 7.82. The monoisotopic (exact) mass is 288 g/mol. The van der Waals surface area contributed by atoms with E-state index in [1.54, 1.807) is 14.0 Å². The van der Waals surface area contributed by atoms with Gasteiger partial charge in [-0.2, -0.15) is 0 Å². The molecule has 0 saturated heterocycles. The van der Waals surface area contributed by atoms with E-state index >= 15 is 0 Å². The van der Waals surface area contributed by atoms with Crippen molar-refractivity contribution in [3.63, 3.8) is 0 Å². The van der Waals surface area contributed by atoms with E-state index < -0.39 is 0 Å². The van der Waals surface area contributed by atoms with Crippen LogP contribution in [0.2, 0.25) is 0 Å². The number of benzene rings is 1. The molecule has 4 unspecified atom stereocenters. The number of ketones is 1. The highest BCUT2D eigenvalue weighted by Crippen LogP contribution is 2.58. The Kier molecular flexibility index (Phi) is 3.70. The first-order chi connectivity index (χ1) is 10.2. The third-order valence-corrected chi connectivity index (χ3v) is 4.66. The predicted molar refractivity (Wildman–Crippen MR) is 76.9 cm³/mol. The fourth-order valence-electron chi connectivity index (χ4n) is 3.56. The van der Waals surface area contributed by atoms with E-state index in [1.807, 2.05) is 24.3 Å². The van der Waals surface area contributed by atoms with Crippen LogP contribution in [0, 0.1) is 23.7 Å². The van der Waals surface area contributed by atoms with Crippen molar-refractivity contribution >= 4 is 11.8 Å². The van der Waals surface area contributed by atoms with Crippen LogP contribution in [0.25, 0.3) is 0 Å². The maximum atomic E-state index is 12.4. The number of fused-ring (bicyclic) bond motifs is 1. The van der Waals surface area contributed by atoms with Crippen molar-refractivity contribution in [2.45, 2.75) is 19.8 Å². The predicted octanol–water partition coefficient (Wildman–Crippen LogP) is 2.25. The van der Waals surface area contributed by atoms with Crippen LogP contribution in [0.3, 0.4) is 0 Å². The summed E-state index contributed by atoms with van der Waals surface area (Å²) in [5.41, 5.74) is 1.14. The molecule has 0 spiro atoms. The number of carbonyl (C=O) groups is 2. The molecule has 21 heavy (non-hydrogen) atoms. The molecule has 4 heteroatoms. The summed E-state index contributed by atoms with van der Waals surface area (Å²) in [6.07, 6.45) is 1.57. The molecule has 2 aliphatic carbocycles. The zero-order valence-electron chi connectivity index (χ0n) is 12.4. The van der Waals surface area contributed by atoms with Crippen molar-refractivity contribution in [1.29, 1.82) is 0 Å². The van der Waals surface area contributed by atoms with Crippen molar-refractivity contribution in [3.8, 4) is 5.75 Å². The van der Waals surface area contributed by atoms with Crippen LogP contribution in [0.4, 0.5) is 0 Å². The van der Waals surface area contributed by atoms with Gasteiger partial charge in [0.2, 0.25) is 0 Å². The highest BCUT2D eigenvalue weighted by atomic mass is 16.5. The van der Waals surface area contributed by atoms with Crippen molar-refractivity contribution in [2.75, 3.05) is 13.7 Å². The first-order valence-corrected chi connectivity index (χ1v) is 7.49. The van der Waals surface area contributed by atoms with Gasteiger partial charge < -0.3 is 9.47 Å². The van der Waals surface area contributed by atoms with Gasteiger partial charge in [0.25, 0.3) is 0 Å². The number of carbonyl (C=O) groups excluding carboxylic acids is 2. The Morgan fingerprint density at radius 3 is 2.52 bits per heavy atom. The highest BCUT2D eigenvalue weighted by molar-refractivity contribution is 5.96. The van der Waals surface area contributed by atoms with Crippen LogP contribution in [0.15, 0.2) is 24.3 Å². The Bertz CT molecular complexity index is 548. The molecule has 0 N–H and O–H groups in total. The summed E-state index contributed by atoms with van der Waals surface area (Å²) < 4.78 is 10.2. The van der Waals surface area contributed by atoms with E-state index in [0.717, 1.165) is 24.2 Å². The number of ether oxygens (including phenoxy) is 2. The summed E-state index contributed by atoms with van der Waals surface area (Å²) in [5, 5.41) is 0. The Morgan fingerprint density at radius 1 is 1.29 bits per heavy atom. The zero-order valence-corrected chi connectivity index (χ0v) is 12.4. The fraction of sp³-hybridized carbons (Fsp3) is 0.529. The molecule has 2 saturated carbocycles. The van der Waals surface area contributed by atoms with Gasteiger partial charge in [0.05, 0.1) is 19.6 Å². The summed E-state index contributed by atoms with van der Waals surface area (Å²) in [6.45, 7) is 2.18. The molecule has 2 aliphatic rings. The third-order valence-electron chi connectivity index (χ3n) is 4.66. The van der Waals surface area contributed by atoms with Gasteiger partial charge in [0.15, 0.2) is 0 Å². The fourth-order valence-corrected chi connectivity index (χ4v) is 3.56. The van der Waals surface area contributed by atoms with Gasteiger partial charge in [0, 0.05) is 11.8 Å². The summed E-state index contributed by atoms with van der Waals surface area (Å²) in [5.74, 6) is 0.912. The average Bonchev–Trinajstić information content (AvgIpc) is 3.12. The molecule has 112 valence electrons. The van der Waals surface area contributed by atoms with Crippen LogP contribution in [-0.2, 0) is 20.7 Å². The van der Waals surface area contributed by atoms with E-state index in [4.69, 9.17) is 9.47 Å². The lowest BCUT2D eigenvalue weighted by Crippen LogP contribution is -2.20. The van der Waals surface area contributed by atoms with Crippen molar-refractivity contribution in [2.24, 2.45) is 23.7 Å². The molecule has 1 aromatic rings. The lowest BCUT2D eigenvalue weighted by molar-refractivity contribution is -0.146. The molecular weight excluding hydrogens is 268 g/mol. The summed E-state index contributed by atoms with van der Waals surface area (Å²) in [4.78, 5) is 24.1. The van der Waals surface area contributed by atoms with Crippen molar-refractivity contribution in [3.05, 3.63) is 29.8 Å². The summed E-state index contributed by atoms with van der Waals surface area (Å²) >= 11 is 0. The molecule has 0 heterocycles. The molecule has 2 fully saturated rings. The SMILES string of the molecule is CCOC(=O)C1C2CC(Cc3ccc(OC)cc3)C(=O)C21. The molecule has 0 amide bonds. The van der Waals surface area contributed by atoms with Crippen LogP contribution in [0.5, 0.6) is 5.75 Å². The highest BCUT2D eigenvalue weighted by Gasteiger charge is 2.65. The number of Topliss-reactive ketones (excluding diaryl/α,β-unsaturated/α-hetero) is 1. The maximum Gasteiger partial charge on any atom is 0.309 e. The molecular formula is C17H20O4. The second-order valence-corrected chi connectivity index (χ2v) is 5.85. The standard InChI is InChI=1S/C17H20O4/c1-3-21-17(19)15-13-9-11(16(18)14(13)15)8-10-4-6-12(20-2)7-5-10/h4-7,11,13-15H,3,8-9H2,1-2H3. The Balaban J connectivity index is 1.58. The number of hydrogen-bond acceptors (Lipinski definition) is 4. The molecule has 4 nitrogen and oxygen atoms in total. The van der Waals surface area contributed by atoms with Crippen LogP contribution in [-0.4, -0.2) is 25.5 Å². The average molecular weight is 288 g/mol. The van der Waals surface area contributed by atoms with Crippen LogP contribution >= 0.6 is 0 Å². The minimum atomic E-state index is -0.191. The Hall–Kier alpha value is -1.84. The molecule has 4 atom stereocenters. The largest absolute Gasteiger partial charge is 0.497 e. The van der Waals surface area contributed by atoms with Crippen LogP contribution < -0.4 is 4.74 Å². The van der Waals surface area contributed by atoms with Gasteiger partial charge in [-0.25, -0.2) is 0 Å². The second kappa shape index (κ2) is 5.51. The first kappa shape index (κ1) is 14.1. The first-order valence-electron chi connectivity index (χ1n) is 7.49. The number of rotatable bonds is 5. The van der Waals surface area contributed by atoms with E-state index in [9.17, 15) is 9.59 Å². The topological polar surface area (TPSA) is 52.6 Å². The molecule has 0 aliphatic heterocycles. The summed E-state index contributed by atoms with van der Waals surface area (Å²) in [7, 11) is 1.64. The normalized spacial score (nSPS) is 29.9. The minimum absolute atomic E-state index is 0.0547. The number of methoxy groups -OCH3 is 1.